The van der Waals surface area contributed by atoms with E-state index in [9.17, 15) is 29.1 Å². The van der Waals surface area contributed by atoms with Gasteiger partial charge in [-0.05, 0) is 36.0 Å². The Morgan fingerprint density at radius 3 is 2.18 bits per heavy atom. The van der Waals surface area contributed by atoms with Crippen LogP contribution in [0.5, 0.6) is 0 Å². The van der Waals surface area contributed by atoms with Crippen molar-refractivity contribution in [2.75, 3.05) is 0 Å². The molecule has 1 heterocycles. The van der Waals surface area contributed by atoms with Crippen LogP contribution in [0.2, 0.25) is 0 Å². The summed E-state index contributed by atoms with van der Waals surface area (Å²) in [6, 6.07) is 12.0. The minimum Gasteiger partial charge on any atom is -0.480 e. The van der Waals surface area contributed by atoms with Crippen molar-refractivity contribution < 1.29 is 19.5 Å². The summed E-state index contributed by atoms with van der Waals surface area (Å²) in [6.45, 7) is 7.32. The average Bonchev–Trinajstić information content (AvgIpc) is 2.90. The maximum absolute atomic E-state index is 13.8. The highest BCUT2D eigenvalue weighted by atomic mass is 16.4. The van der Waals surface area contributed by atoms with E-state index >= 15 is 0 Å². The van der Waals surface area contributed by atoms with Gasteiger partial charge in [0.25, 0.3) is 5.56 Å². The van der Waals surface area contributed by atoms with Gasteiger partial charge >= 0.3 is 11.7 Å². The number of nitrogens with zero attached hydrogens (tertiary/aromatic N) is 1. The summed E-state index contributed by atoms with van der Waals surface area (Å²) in [7, 11) is 0. The fourth-order valence-electron chi connectivity index (χ4n) is 4.50. The third-order valence-electron chi connectivity index (χ3n) is 6.84. The Kier molecular flexibility index (Phi) is 9.81. The van der Waals surface area contributed by atoms with E-state index in [1.54, 1.807) is 55.5 Å². The minimum absolute atomic E-state index is 0.0183. The summed E-state index contributed by atoms with van der Waals surface area (Å²) in [5, 5.41) is 15.1. The SMILES string of the molecule is CC[C@@H](C)[C@H](NC(=O)[C@H](Cc1ccccc1)n1c(=O)[nH]c2ccccc2c1=O)C(=O)N[C@@H](CC(C)C)C(=O)O. The third kappa shape index (κ3) is 7.22. The van der Waals surface area contributed by atoms with Crippen LogP contribution in [0.1, 0.15) is 52.1 Å². The first-order chi connectivity index (χ1) is 18.5. The summed E-state index contributed by atoms with van der Waals surface area (Å²) >= 11 is 0. The Bertz CT molecular complexity index is 1430. The van der Waals surface area contributed by atoms with Gasteiger partial charge < -0.3 is 20.7 Å². The lowest BCUT2D eigenvalue weighted by Gasteiger charge is -2.28. The van der Waals surface area contributed by atoms with Gasteiger partial charge in [0.2, 0.25) is 11.8 Å². The number of aliphatic carboxylic acids is 1. The van der Waals surface area contributed by atoms with Gasteiger partial charge in [0.15, 0.2) is 0 Å². The van der Waals surface area contributed by atoms with Crippen LogP contribution in [0.3, 0.4) is 0 Å². The van der Waals surface area contributed by atoms with Gasteiger partial charge in [-0.2, -0.15) is 0 Å². The number of fused-ring (bicyclic) bond motifs is 1. The highest BCUT2D eigenvalue weighted by Gasteiger charge is 2.33. The van der Waals surface area contributed by atoms with Crippen LogP contribution in [0.25, 0.3) is 10.9 Å². The summed E-state index contributed by atoms with van der Waals surface area (Å²) < 4.78 is 0.884. The van der Waals surface area contributed by atoms with Gasteiger partial charge in [-0.25, -0.2) is 14.2 Å². The van der Waals surface area contributed by atoms with Crippen molar-refractivity contribution >= 4 is 28.7 Å². The number of para-hydroxylation sites is 1. The third-order valence-corrected chi connectivity index (χ3v) is 6.84. The summed E-state index contributed by atoms with van der Waals surface area (Å²) in [6.07, 6.45) is 0.759. The molecule has 0 fully saturated rings. The molecule has 0 aliphatic carbocycles. The predicted molar refractivity (Wildman–Crippen MR) is 148 cm³/mol. The topological polar surface area (TPSA) is 150 Å². The molecule has 0 bridgehead atoms. The molecule has 2 aromatic carbocycles. The number of hydrogen-bond donors (Lipinski definition) is 4. The molecule has 10 nitrogen and oxygen atoms in total. The number of aromatic amines is 1. The first kappa shape index (κ1) is 29.3. The van der Waals surface area contributed by atoms with Crippen LogP contribution in [-0.4, -0.2) is 44.5 Å². The molecule has 2 amide bonds. The Hall–Kier alpha value is -4.21. The van der Waals surface area contributed by atoms with Crippen molar-refractivity contribution in [1.82, 2.24) is 20.2 Å². The zero-order valence-corrected chi connectivity index (χ0v) is 22.6. The number of benzene rings is 2. The van der Waals surface area contributed by atoms with E-state index in [1.165, 1.54) is 0 Å². The predicted octanol–water partition coefficient (Wildman–Crippen LogP) is 2.62. The number of hydrogen-bond acceptors (Lipinski definition) is 5. The highest BCUT2D eigenvalue weighted by Crippen LogP contribution is 2.16. The second-order valence-electron chi connectivity index (χ2n) is 10.3. The maximum atomic E-state index is 13.8. The lowest BCUT2D eigenvalue weighted by atomic mass is 9.96. The average molecular weight is 537 g/mol. The number of H-pyrrole nitrogens is 1. The van der Waals surface area contributed by atoms with E-state index in [4.69, 9.17) is 0 Å². The van der Waals surface area contributed by atoms with E-state index in [0.29, 0.717) is 17.5 Å². The van der Waals surface area contributed by atoms with Crippen LogP contribution >= 0.6 is 0 Å². The Morgan fingerprint density at radius 2 is 1.56 bits per heavy atom. The maximum Gasteiger partial charge on any atom is 0.329 e. The number of carboxylic acids is 1. The van der Waals surface area contributed by atoms with Crippen LogP contribution in [0.4, 0.5) is 0 Å². The Morgan fingerprint density at radius 1 is 0.923 bits per heavy atom. The normalized spacial score (nSPS) is 14.4. The molecular formula is C29H36N4O6. The van der Waals surface area contributed by atoms with E-state index < -0.39 is 47.2 Å². The van der Waals surface area contributed by atoms with E-state index in [-0.39, 0.29) is 30.1 Å². The minimum atomic E-state index is -1.27. The number of carbonyl (C=O) groups is 3. The zero-order chi connectivity index (χ0) is 28.7. The quantitative estimate of drug-likeness (QED) is 0.279. The first-order valence-electron chi connectivity index (χ1n) is 13.1. The monoisotopic (exact) mass is 536 g/mol. The number of rotatable bonds is 12. The molecule has 0 spiro atoms. The van der Waals surface area contributed by atoms with Crippen molar-refractivity contribution in [2.24, 2.45) is 11.8 Å². The molecule has 0 saturated heterocycles. The molecule has 10 heteroatoms. The lowest BCUT2D eigenvalue weighted by molar-refractivity contribution is -0.143. The van der Waals surface area contributed by atoms with Gasteiger partial charge in [-0.3, -0.25) is 14.4 Å². The second-order valence-corrected chi connectivity index (χ2v) is 10.3. The van der Waals surface area contributed by atoms with Gasteiger partial charge in [-0.15, -0.1) is 0 Å². The molecule has 0 radical (unpaired) electrons. The largest absolute Gasteiger partial charge is 0.480 e. The van der Waals surface area contributed by atoms with Crippen LogP contribution in [0, 0.1) is 11.8 Å². The molecule has 3 rings (SSSR count). The van der Waals surface area contributed by atoms with Crippen LogP contribution in [-0.2, 0) is 20.8 Å². The summed E-state index contributed by atoms with van der Waals surface area (Å²) in [5.41, 5.74) is -0.311. The highest BCUT2D eigenvalue weighted by molar-refractivity contribution is 5.91. The Balaban J connectivity index is 2.02. The molecule has 0 saturated carbocycles. The van der Waals surface area contributed by atoms with Crippen molar-refractivity contribution in [2.45, 2.75) is 65.1 Å². The molecule has 4 N–H and O–H groups in total. The summed E-state index contributed by atoms with van der Waals surface area (Å²) in [4.78, 5) is 68.0. The van der Waals surface area contributed by atoms with Crippen molar-refractivity contribution in [3.63, 3.8) is 0 Å². The van der Waals surface area contributed by atoms with Crippen LogP contribution in [0.15, 0.2) is 64.2 Å². The standard InChI is InChI=1S/C29H36N4O6/c1-5-18(4)24(26(35)30-22(28(37)38)15-17(2)3)32-25(34)23(16-19-11-7-6-8-12-19)33-27(36)20-13-9-10-14-21(20)31-29(33)39/h6-14,17-18,22-24H,5,15-16H2,1-4H3,(H,30,35)(H,31,39)(H,32,34)(H,37,38)/t18-,22+,23+,24+/m1/s1. The van der Waals surface area contributed by atoms with Gasteiger partial charge in [-0.1, -0.05) is 76.6 Å². The van der Waals surface area contributed by atoms with Gasteiger partial charge in [0.05, 0.1) is 10.9 Å². The number of aromatic nitrogens is 2. The second kappa shape index (κ2) is 13.0. The van der Waals surface area contributed by atoms with E-state index in [0.717, 1.165) is 4.57 Å². The summed E-state index contributed by atoms with van der Waals surface area (Å²) in [5.74, 6) is -2.83. The van der Waals surface area contributed by atoms with E-state index in [2.05, 4.69) is 15.6 Å². The molecule has 3 aromatic rings. The molecular weight excluding hydrogens is 500 g/mol. The smallest absolute Gasteiger partial charge is 0.329 e. The first-order valence-corrected chi connectivity index (χ1v) is 13.1. The number of carbonyl (C=O) groups excluding carboxylic acids is 2. The molecule has 0 aliphatic rings. The van der Waals surface area contributed by atoms with Crippen molar-refractivity contribution in [1.29, 1.82) is 0 Å². The molecule has 4 atom stereocenters. The number of amides is 2. The fraction of sp³-hybridized carbons (Fsp3) is 0.414. The Labute approximate surface area is 226 Å². The van der Waals surface area contributed by atoms with Crippen molar-refractivity contribution in [3.8, 4) is 0 Å². The number of carboxylic acid groups (broad SMARTS) is 1. The zero-order valence-electron chi connectivity index (χ0n) is 22.6. The molecule has 1 aromatic heterocycles. The molecule has 0 aliphatic heterocycles. The number of nitrogens with one attached hydrogen (secondary N) is 3. The molecule has 208 valence electrons. The van der Waals surface area contributed by atoms with Crippen molar-refractivity contribution in [3.05, 3.63) is 81.0 Å². The van der Waals surface area contributed by atoms with Crippen LogP contribution < -0.4 is 21.9 Å². The van der Waals surface area contributed by atoms with Gasteiger partial charge in [0.1, 0.15) is 18.1 Å². The fourth-order valence-corrected chi connectivity index (χ4v) is 4.50. The molecule has 39 heavy (non-hydrogen) atoms. The molecule has 0 unspecified atom stereocenters. The lowest BCUT2D eigenvalue weighted by Crippen LogP contribution is -2.56. The van der Waals surface area contributed by atoms with Gasteiger partial charge in [0, 0.05) is 6.42 Å². The van der Waals surface area contributed by atoms with E-state index in [1.807, 2.05) is 26.8 Å².